The lowest BCUT2D eigenvalue weighted by Crippen LogP contribution is -2.49. The molecule has 0 aromatic rings. The zero-order chi connectivity index (χ0) is 15.8. The Hall–Kier alpha value is -0.170. The number of nitrogens with one attached hydrogen (secondary N) is 1. The van der Waals surface area contributed by atoms with Gasteiger partial charge in [0.05, 0.1) is 12.4 Å². The van der Waals surface area contributed by atoms with Crippen LogP contribution in [0.15, 0.2) is 0 Å². The first-order valence-corrected chi connectivity index (χ1v) is 9.39. The number of unbranched alkanes of at least 4 members (excludes halogenated alkanes) is 1. The van der Waals surface area contributed by atoms with Crippen LogP contribution < -0.4 is 5.32 Å². The van der Waals surface area contributed by atoms with E-state index in [9.17, 15) is 13.5 Å². The third-order valence-corrected chi connectivity index (χ3v) is 4.27. The number of aliphatic hydroxyl groups excluding tert-OH is 1. The van der Waals surface area contributed by atoms with Gasteiger partial charge >= 0.3 is 0 Å². The summed E-state index contributed by atoms with van der Waals surface area (Å²) in [4.78, 5) is 2.05. The third kappa shape index (κ3) is 10.6. The molecule has 0 heterocycles. The van der Waals surface area contributed by atoms with Crippen LogP contribution in [-0.4, -0.2) is 68.8 Å². The molecule has 1 unspecified atom stereocenters. The van der Waals surface area contributed by atoms with Crippen LogP contribution in [0, 0.1) is 0 Å². The second-order valence-corrected chi connectivity index (χ2v) is 8.67. The molecule has 1 atom stereocenters. The molecule has 0 spiro atoms. The van der Waals surface area contributed by atoms with Gasteiger partial charge < -0.3 is 15.3 Å². The maximum Gasteiger partial charge on any atom is 0.148 e. The molecular formula is C14H32N2O3S. The Morgan fingerprint density at radius 1 is 1.25 bits per heavy atom. The Morgan fingerprint density at radius 2 is 1.85 bits per heavy atom. The van der Waals surface area contributed by atoms with Crippen LogP contribution in [0.25, 0.3) is 0 Å². The Bertz CT molecular complexity index is 357. The molecule has 0 saturated carbocycles. The van der Waals surface area contributed by atoms with Gasteiger partial charge in [-0.2, -0.15) is 0 Å². The molecule has 0 aromatic heterocycles. The molecule has 0 aromatic carbocycles. The first-order chi connectivity index (χ1) is 9.08. The Labute approximate surface area is 124 Å². The van der Waals surface area contributed by atoms with Crippen molar-refractivity contribution in [1.82, 2.24) is 10.2 Å². The van der Waals surface area contributed by atoms with Gasteiger partial charge in [-0.05, 0) is 33.4 Å². The van der Waals surface area contributed by atoms with E-state index in [1.165, 1.54) is 6.26 Å². The van der Waals surface area contributed by atoms with Gasteiger partial charge in [-0.1, -0.05) is 20.3 Å². The highest BCUT2D eigenvalue weighted by Crippen LogP contribution is 2.14. The maximum atomic E-state index is 11.1. The summed E-state index contributed by atoms with van der Waals surface area (Å²) in [6, 6.07) is 0.351. The molecule has 0 amide bonds. The zero-order valence-corrected chi connectivity index (χ0v) is 14.5. The monoisotopic (exact) mass is 308 g/mol. The van der Waals surface area contributed by atoms with E-state index in [2.05, 4.69) is 19.2 Å². The molecule has 0 aliphatic heterocycles. The first-order valence-electron chi connectivity index (χ1n) is 7.33. The summed E-state index contributed by atoms with van der Waals surface area (Å²) in [5.41, 5.74) is -0.223. The molecule has 0 radical (unpaired) electrons. The Balaban J connectivity index is 3.89. The Kier molecular flexibility index (Phi) is 8.90. The highest BCUT2D eigenvalue weighted by Gasteiger charge is 2.23. The van der Waals surface area contributed by atoms with Gasteiger partial charge in [-0.3, -0.25) is 0 Å². The lowest BCUT2D eigenvalue weighted by molar-refractivity contribution is 0.153. The van der Waals surface area contributed by atoms with Gasteiger partial charge in [-0.15, -0.1) is 0 Å². The van der Waals surface area contributed by atoms with Gasteiger partial charge in [0, 0.05) is 24.4 Å². The topological polar surface area (TPSA) is 69.6 Å². The quantitative estimate of drug-likeness (QED) is 0.555. The summed E-state index contributed by atoms with van der Waals surface area (Å²) < 4.78 is 22.2. The standard InChI is InChI=1S/C14H32N2O3S/c1-13(2)15-14(3,12-17)8-6-7-9-16(4)10-11-20(5,18)19/h13,15,17H,6-12H2,1-5H3. The molecule has 122 valence electrons. The number of aliphatic hydroxyl groups is 1. The van der Waals surface area contributed by atoms with E-state index >= 15 is 0 Å². The lowest BCUT2D eigenvalue weighted by Gasteiger charge is -2.31. The van der Waals surface area contributed by atoms with Crippen LogP contribution in [0.4, 0.5) is 0 Å². The Morgan fingerprint density at radius 3 is 2.30 bits per heavy atom. The normalized spacial score (nSPS) is 15.8. The van der Waals surface area contributed by atoms with E-state index in [1.807, 2.05) is 18.9 Å². The van der Waals surface area contributed by atoms with Crippen molar-refractivity contribution in [2.45, 2.75) is 51.6 Å². The molecule has 0 fully saturated rings. The van der Waals surface area contributed by atoms with Crippen molar-refractivity contribution in [3.63, 3.8) is 0 Å². The van der Waals surface area contributed by atoms with Crippen molar-refractivity contribution in [2.24, 2.45) is 0 Å². The van der Waals surface area contributed by atoms with E-state index in [0.717, 1.165) is 25.8 Å². The summed E-state index contributed by atoms with van der Waals surface area (Å²) in [5.74, 6) is 0.215. The van der Waals surface area contributed by atoms with Crippen LogP contribution in [0.1, 0.15) is 40.0 Å². The lowest BCUT2D eigenvalue weighted by atomic mass is 9.95. The SMILES string of the molecule is CC(C)NC(C)(CO)CCCCN(C)CCS(C)(=O)=O. The minimum absolute atomic E-state index is 0.134. The van der Waals surface area contributed by atoms with Crippen LogP contribution in [0.2, 0.25) is 0 Å². The molecule has 20 heavy (non-hydrogen) atoms. The van der Waals surface area contributed by atoms with Crippen molar-refractivity contribution < 1.29 is 13.5 Å². The number of rotatable bonds is 11. The van der Waals surface area contributed by atoms with E-state index in [1.54, 1.807) is 0 Å². The van der Waals surface area contributed by atoms with E-state index in [0.29, 0.717) is 12.6 Å². The average molecular weight is 308 g/mol. The second kappa shape index (κ2) is 8.97. The summed E-state index contributed by atoms with van der Waals surface area (Å²) in [7, 11) is -0.928. The number of hydrogen-bond acceptors (Lipinski definition) is 5. The van der Waals surface area contributed by atoms with E-state index < -0.39 is 9.84 Å². The van der Waals surface area contributed by atoms with Gasteiger partial charge in [0.25, 0.3) is 0 Å². The predicted octanol–water partition coefficient (Wildman–Crippen LogP) is 0.882. The molecule has 2 N–H and O–H groups in total. The van der Waals surface area contributed by atoms with Crippen molar-refractivity contribution in [3.05, 3.63) is 0 Å². The number of nitrogens with zero attached hydrogens (tertiary/aromatic N) is 1. The summed E-state index contributed by atoms with van der Waals surface area (Å²) >= 11 is 0. The molecule has 0 aliphatic carbocycles. The van der Waals surface area contributed by atoms with Crippen LogP contribution in [0.5, 0.6) is 0 Å². The largest absolute Gasteiger partial charge is 0.394 e. The minimum atomic E-state index is -2.88. The number of hydrogen-bond donors (Lipinski definition) is 2. The summed E-state index contributed by atoms with van der Waals surface area (Å²) in [6.07, 6.45) is 4.21. The van der Waals surface area contributed by atoms with Crippen LogP contribution in [-0.2, 0) is 9.84 Å². The maximum absolute atomic E-state index is 11.1. The fourth-order valence-corrected chi connectivity index (χ4v) is 2.87. The van der Waals surface area contributed by atoms with Crippen molar-refractivity contribution in [1.29, 1.82) is 0 Å². The molecular weight excluding hydrogens is 276 g/mol. The van der Waals surface area contributed by atoms with Crippen molar-refractivity contribution in [2.75, 3.05) is 38.8 Å². The minimum Gasteiger partial charge on any atom is -0.394 e. The van der Waals surface area contributed by atoms with Gasteiger partial charge in [0.15, 0.2) is 0 Å². The average Bonchev–Trinajstić information content (AvgIpc) is 2.30. The van der Waals surface area contributed by atoms with E-state index in [4.69, 9.17) is 0 Å². The molecule has 0 aliphatic rings. The summed E-state index contributed by atoms with van der Waals surface area (Å²) in [5, 5.41) is 12.9. The van der Waals surface area contributed by atoms with Gasteiger partial charge in [0.1, 0.15) is 9.84 Å². The second-order valence-electron chi connectivity index (χ2n) is 6.41. The summed E-state index contributed by atoms with van der Waals surface area (Å²) in [6.45, 7) is 7.80. The third-order valence-electron chi connectivity index (χ3n) is 3.35. The van der Waals surface area contributed by atoms with Crippen molar-refractivity contribution >= 4 is 9.84 Å². The predicted molar refractivity (Wildman–Crippen MR) is 84.8 cm³/mol. The number of sulfone groups is 1. The first kappa shape index (κ1) is 19.8. The molecule has 6 heteroatoms. The molecule has 0 saturated heterocycles. The van der Waals surface area contributed by atoms with Crippen LogP contribution in [0.3, 0.4) is 0 Å². The van der Waals surface area contributed by atoms with Crippen molar-refractivity contribution in [3.8, 4) is 0 Å². The zero-order valence-electron chi connectivity index (χ0n) is 13.6. The van der Waals surface area contributed by atoms with Gasteiger partial charge in [-0.25, -0.2) is 8.42 Å². The molecule has 5 nitrogen and oxygen atoms in total. The highest BCUT2D eigenvalue weighted by molar-refractivity contribution is 7.90. The van der Waals surface area contributed by atoms with E-state index in [-0.39, 0.29) is 17.9 Å². The smallest absolute Gasteiger partial charge is 0.148 e. The fourth-order valence-electron chi connectivity index (χ4n) is 2.22. The molecule has 0 bridgehead atoms. The fraction of sp³-hybridized carbons (Fsp3) is 1.00. The van der Waals surface area contributed by atoms with Crippen LogP contribution >= 0.6 is 0 Å². The highest BCUT2D eigenvalue weighted by atomic mass is 32.2. The van der Waals surface area contributed by atoms with Gasteiger partial charge in [0.2, 0.25) is 0 Å². The molecule has 0 rings (SSSR count).